The second-order valence-corrected chi connectivity index (χ2v) is 5.84. The van der Waals surface area contributed by atoms with Crippen LogP contribution < -0.4 is 5.32 Å². The van der Waals surface area contributed by atoms with Crippen molar-refractivity contribution in [3.8, 4) is 0 Å². The van der Waals surface area contributed by atoms with Crippen LogP contribution in [-0.2, 0) is 9.47 Å². The molecule has 4 heteroatoms. The molecule has 0 unspecified atom stereocenters. The van der Waals surface area contributed by atoms with E-state index in [0.717, 1.165) is 45.4 Å². The van der Waals surface area contributed by atoms with Gasteiger partial charge >= 0.3 is 0 Å². The molecule has 0 aromatic carbocycles. The first-order chi connectivity index (χ1) is 9.81. The van der Waals surface area contributed by atoms with Crippen LogP contribution in [0.4, 0.5) is 0 Å². The standard InChI is InChI=1S/C16H24N2O2/c1-2-19-14-10-15(13-4-3-7-18-12-13)20-16(11-14)5-8-17-9-6-16/h3-4,7,12,14-15,17H,2,5-6,8-11H2,1H3/t14-,15-/m1/s1. The quantitative estimate of drug-likeness (QED) is 0.921. The van der Waals surface area contributed by atoms with E-state index in [1.165, 1.54) is 5.56 Å². The third kappa shape index (κ3) is 3.03. The van der Waals surface area contributed by atoms with Crippen LogP contribution in [0.25, 0.3) is 0 Å². The van der Waals surface area contributed by atoms with Gasteiger partial charge in [0.25, 0.3) is 0 Å². The van der Waals surface area contributed by atoms with Crippen LogP contribution in [0.15, 0.2) is 24.5 Å². The van der Waals surface area contributed by atoms with Gasteiger partial charge in [0.1, 0.15) is 0 Å². The summed E-state index contributed by atoms with van der Waals surface area (Å²) in [5, 5.41) is 3.42. The molecule has 1 aromatic heterocycles. The molecule has 2 saturated heterocycles. The Bertz CT molecular complexity index is 418. The molecule has 0 radical (unpaired) electrons. The van der Waals surface area contributed by atoms with Crippen molar-refractivity contribution in [3.05, 3.63) is 30.1 Å². The Morgan fingerprint density at radius 2 is 2.30 bits per heavy atom. The smallest absolute Gasteiger partial charge is 0.0872 e. The van der Waals surface area contributed by atoms with Gasteiger partial charge in [-0.2, -0.15) is 0 Å². The number of aromatic nitrogens is 1. The molecule has 0 amide bonds. The molecule has 2 aliphatic rings. The summed E-state index contributed by atoms with van der Waals surface area (Å²) in [6.07, 6.45) is 8.28. The molecule has 1 spiro atoms. The second-order valence-electron chi connectivity index (χ2n) is 5.84. The highest BCUT2D eigenvalue weighted by Crippen LogP contribution is 2.42. The lowest BCUT2D eigenvalue weighted by Crippen LogP contribution is -2.50. The van der Waals surface area contributed by atoms with Crippen molar-refractivity contribution in [2.45, 2.75) is 50.4 Å². The normalized spacial score (nSPS) is 29.4. The minimum atomic E-state index is -0.0101. The summed E-state index contributed by atoms with van der Waals surface area (Å²) in [6.45, 7) is 4.93. The number of nitrogens with one attached hydrogen (secondary N) is 1. The Kier molecular flexibility index (Phi) is 4.34. The highest BCUT2D eigenvalue weighted by Gasteiger charge is 2.43. The van der Waals surface area contributed by atoms with E-state index in [4.69, 9.17) is 9.47 Å². The van der Waals surface area contributed by atoms with E-state index >= 15 is 0 Å². The van der Waals surface area contributed by atoms with E-state index in [-0.39, 0.29) is 11.7 Å². The van der Waals surface area contributed by atoms with Crippen molar-refractivity contribution in [2.24, 2.45) is 0 Å². The van der Waals surface area contributed by atoms with Crippen molar-refractivity contribution in [1.82, 2.24) is 10.3 Å². The van der Waals surface area contributed by atoms with Crippen molar-refractivity contribution in [3.63, 3.8) is 0 Å². The zero-order valence-corrected chi connectivity index (χ0v) is 12.2. The van der Waals surface area contributed by atoms with Gasteiger partial charge in [-0.15, -0.1) is 0 Å². The highest BCUT2D eigenvalue weighted by atomic mass is 16.5. The van der Waals surface area contributed by atoms with Gasteiger partial charge in [-0.25, -0.2) is 0 Å². The second kappa shape index (κ2) is 6.20. The third-order valence-corrected chi connectivity index (χ3v) is 4.44. The van der Waals surface area contributed by atoms with Gasteiger partial charge < -0.3 is 14.8 Å². The van der Waals surface area contributed by atoms with E-state index < -0.39 is 0 Å². The van der Waals surface area contributed by atoms with Crippen LogP contribution in [0, 0.1) is 0 Å². The van der Waals surface area contributed by atoms with Crippen LogP contribution in [0.5, 0.6) is 0 Å². The topological polar surface area (TPSA) is 43.4 Å². The van der Waals surface area contributed by atoms with Crippen molar-refractivity contribution < 1.29 is 9.47 Å². The summed E-state index contributed by atoms with van der Waals surface area (Å²) in [4.78, 5) is 4.23. The summed E-state index contributed by atoms with van der Waals surface area (Å²) in [5.74, 6) is 0. The Morgan fingerprint density at radius 1 is 1.45 bits per heavy atom. The van der Waals surface area contributed by atoms with Gasteiger partial charge in [0.05, 0.1) is 17.8 Å². The van der Waals surface area contributed by atoms with E-state index in [2.05, 4.69) is 23.3 Å². The summed E-state index contributed by atoms with van der Waals surface area (Å²) < 4.78 is 12.5. The third-order valence-electron chi connectivity index (χ3n) is 4.44. The number of ether oxygens (including phenoxy) is 2. The van der Waals surface area contributed by atoms with E-state index in [1.54, 1.807) is 0 Å². The first kappa shape index (κ1) is 14.0. The fraction of sp³-hybridized carbons (Fsp3) is 0.688. The van der Waals surface area contributed by atoms with E-state index in [1.807, 2.05) is 18.5 Å². The van der Waals surface area contributed by atoms with Gasteiger partial charge in [-0.1, -0.05) is 6.07 Å². The van der Waals surface area contributed by atoms with Crippen LogP contribution in [0.3, 0.4) is 0 Å². The molecular formula is C16H24N2O2. The first-order valence-corrected chi connectivity index (χ1v) is 7.71. The van der Waals surface area contributed by atoms with Crippen molar-refractivity contribution in [1.29, 1.82) is 0 Å². The molecule has 20 heavy (non-hydrogen) atoms. The largest absolute Gasteiger partial charge is 0.378 e. The molecule has 2 atom stereocenters. The maximum absolute atomic E-state index is 6.52. The molecule has 3 heterocycles. The van der Waals surface area contributed by atoms with E-state index in [9.17, 15) is 0 Å². The van der Waals surface area contributed by atoms with Gasteiger partial charge in [0.2, 0.25) is 0 Å². The minimum absolute atomic E-state index is 0.0101. The number of pyridine rings is 1. The average molecular weight is 276 g/mol. The predicted octanol–water partition coefficient (Wildman–Crippen LogP) is 2.46. The van der Waals surface area contributed by atoms with Crippen LogP contribution >= 0.6 is 0 Å². The van der Waals surface area contributed by atoms with Crippen molar-refractivity contribution >= 4 is 0 Å². The maximum Gasteiger partial charge on any atom is 0.0872 e. The molecule has 0 bridgehead atoms. The lowest BCUT2D eigenvalue weighted by Gasteiger charge is -2.46. The number of nitrogens with zero attached hydrogens (tertiary/aromatic N) is 1. The van der Waals surface area contributed by atoms with Crippen LogP contribution in [-0.4, -0.2) is 36.4 Å². The molecule has 4 nitrogen and oxygen atoms in total. The highest BCUT2D eigenvalue weighted by molar-refractivity contribution is 5.14. The Balaban J connectivity index is 1.79. The predicted molar refractivity (Wildman–Crippen MR) is 77.5 cm³/mol. The number of hydrogen-bond acceptors (Lipinski definition) is 4. The van der Waals surface area contributed by atoms with Gasteiger partial charge in [0.15, 0.2) is 0 Å². The zero-order chi connectivity index (χ0) is 13.8. The molecule has 3 rings (SSSR count). The number of piperidine rings is 1. The van der Waals surface area contributed by atoms with Gasteiger partial charge in [0, 0.05) is 31.8 Å². The Labute approximate surface area is 120 Å². The van der Waals surface area contributed by atoms with Gasteiger partial charge in [-0.3, -0.25) is 4.98 Å². The molecule has 110 valence electrons. The maximum atomic E-state index is 6.52. The lowest BCUT2D eigenvalue weighted by molar-refractivity contribution is -0.185. The van der Waals surface area contributed by atoms with Crippen molar-refractivity contribution in [2.75, 3.05) is 19.7 Å². The molecule has 1 N–H and O–H groups in total. The summed E-state index contributed by atoms with van der Waals surface area (Å²) in [5.41, 5.74) is 1.17. The Morgan fingerprint density at radius 3 is 3.00 bits per heavy atom. The molecule has 2 fully saturated rings. The molecule has 1 aromatic rings. The fourth-order valence-electron chi connectivity index (χ4n) is 3.47. The first-order valence-electron chi connectivity index (χ1n) is 7.71. The van der Waals surface area contributed by atoms with Crippen LogP contribution in [0.1, 0.15) is 44.3 Å². The fourth-order valence-corrected chi connectivity index (χ4v) is 3.47. The summed E-state index contributed by atoms with van der Waals surface area (Å²) in [6, 6.07) is 4.10. The number of rotatable bonds is 3. The lowest BCUT2D eigenvalue weighted by atomic mass is 9.81. The zero-order valence-electron chi connectivity index (χ0n) is 12.2. The summed E-state index contributed by atoms with van der Waals surface area (Å²) >= 11 is 0. The molecule has 0 aliphatic carbocycles. The van der Waals surface area contributed by atoms with Gasteiger partial charge in [-0.05, 0) is 44.5 Å². The molecular weight excluding hydrogens is 252 g/mol. The monoisotopic (exact) mass is 276 g/mol. The minimum Gasteiger partial charge on any atom is -0.378 e. The Hall–Kier alpha value is -0.970. The molecule has 0 saturated carbocycles. The summed E-state index contributed by atoms with van der Waals surface area (Å²) in [7, 11) is 0. The number of hydrogen-bond donors (Lipinski definition) is 1. The van der Waals surface area contributed by atoms with E-state index in [0.29, 0.717) is 6.10 Å². The van der Waals surface area contributed by atoms with Crippen LogP contribution in [0.2, 0.25) is 0 Å². The molecule has 2 aliphatic heterocycles. The SMILES string of the molecule is CCO[C@@H]1C[C@H](c2cccnc2)OC2(CCNCC2)C1. The average Bonchev–Trinajstić information content (AvgIpc) is 2.49.